The van der Waals surface area contributed by atoms with E-state index in [1.807, 2.05) is 32.9 Å². The normalized spacial score (nSPS) is 10.4. The maximum Gasteiger partial charge on any atom is 0.341 e. The summed E-state index contributed by atoms with van der Waals surface area (Å²) in [5.74, 6) is -0.176. The highest BCUT2D eigenvalue weighted by Crippen LogP contribution is 2.34. The van der Waals surface area contributed by atoms with Crippen LogP contribution in [0.3, 0.4) is 0 Å². The van der Waals surface area contributed by atoms with Crippen LogP contribution in [0.25, 0.3) is 0 Å². The molecule has 0 atom stereocenters. The van der Waals surface area contributed by atoms with Crippen LogP contribution >= 0.6 is 11.6 Å². The number of ether oxygens (including phenoxy) is 1. The summed E-state index contributed by atoms with van der Waals surface area (Å²) in [5, 5.41) is 9.42. The van der Waals surface area contributed by atoms with Crippen molar-refractivity contribution >= 4 is 17.6 Å². The Kier molecular flexibility index (Phi) is 4.00. The topological polar surface area (TPSA) is 46.5 Å². The molecule has 0 saturated heterocycles. The minimum atomic E-state index is -1.10. The van der Waals surface area contributed by atoms with Gasteiger partial charge >= 0.3 is 5.97 Å². The molecule has 0 amide bonds. The van der Waals surface area contributed by atoms with E-state index in [2.05, 4.69) is 0 Å². The van der Waals surface area contributed by atoms with Crippen molar-refractivity contribution in [3.63, 3.8) is 0 Å². The predicted molar refractivity (Wildman–Crippen MR) is 79.1 cm³/mol. The average molecular weight is 291 g/mol. The van der Waals surface area contributed by atoms with Gasteiger partial charge in [-0.2, -0.15) is 0 Å². The number of rotatable bonds is 3. The van der Waals surface area contributed by atoms with E-state index in [4.69, 9.17) is 16.3 Å². The predicted octanol–water partition coefficient (Wildman–Crippen LogP) is 4.76. The minimum Gasteiger partial charge on any atom is -0.478 e. The molecule has 0 unspecified atom stereocenters. The molecule has 0 aliphatic heterocycles. The summed E-state index contributed by atoms with van der Waals surface area (Å²) in [7, 11) is 0. The van der Waals surface area contributed by atoms with Crippen molar-refractivity contribution in [3.8, 4) is 11.5 Å². The highest BCUT2D eigenvalue weighted by molar-refractivity contribution is 6.33. The van der Waals surface area contributed by atoms with Crippen molar-refractivity contribution in [2.75, 3.05) is 0 Å². The highest BCUT2D eigenvalue weighted by Gasteiger charge is 2.17. The van der Waals surface area contributed by atoms with Crippen molar-refractivity contribution in [3.05, 3.63) is 57.6 Å². The molecule has 3 nitrogen and oxygen atoms in total. The second kappa shape index (κ2) is 5.55. The average Bonchev–Trinajstić information content (AvgIpc) is 2.39. The molecule has 0 spiro atoms. The molecule has 0 aliphatic carbocycles. The smallest absolute Gasteiger partial charge is 0.341 e. The van der Waals surface area contributed by atoms with Gasteiger partial charge in [-0.1, -0.05) is 29.8 Å². The van der Waals surface area contributed by atoms with E-state index in [9.17, 15) is 9.90 Å². The first kappa shape index (κ1) is 14.4. The summed E-state index contributed by atoms with van der Waals surface area (Å²) in [6, 6.07) is 8.77. The summed E-state index contributed by atoms with van der Waals surface area (Å²) in [6.45, 7) is 5.85. The lowest BCUT2D eigenvalue weighted by atomic mass is 10.1. The highest BCUT2D eigenvalue weighted by atomic mass is 35.5. The number of aryl methyl sites for hydroxylation is 2. The van der Waals surface area contributed by atoms with Gasteiger partial charge in [0.1, 0.15) is 17.1 Å². The van der Waals surface area contributed by atoms with Gasteiger partial charge in [-0.15, -0.1) is 0 Å². The molecule has 20 heavy (non-hydrogen) atoms. The standard InChI is InChI=1S/C16H15ClO3/c1-9-7-8-10(2)15(11(9)3)20-13-6-4-5-12(17)14(13)16(18)19/h4-8H,1-3H3,(H,18,19). The van der Waals surface area contributed by atoms with Crippen LogP contribution in [0.4, 0.5) is 0 Å². The second-order valence-electron chi connectivity index (χ2n) is 4.67. The molecule has 104 valence electrons. The molecule has 2 rings (SSSR count). The quantitative estimate of drug-likeness (QED) is 0.887. The monoisotopic (exact) mass is 290 g/mol. The number of halogens is 1. The molecular weight excluding hydrogens is 276 g/mol. The molecule has 0 aliphatic rings. The first-order valence-electron chi connectivity index (χ1n) is 6.18. The second-order valence-corrected chi connectivity index (χ2v) is 5.08. The fraction of sp³-hybridized carbons (Fsp3) is 0.188. The van der Waals surface area contributed by atoms with Crippen molar-refractivity contribution in [1.29, 1.82) is 0 Å². The van der Waals surface area contributed by atoms with Crippen LogP contribution in [0.1, 0.15) is 27.0 Å². The number of carboxylic acids is 1. The third kappa shape index (κ3) is 2.63. The van der Waals surface area contributed by atoms with Crippen LogP contribution in [-0.4, -0.2) is 11.1 Å². The molecule has 0 fully saturated rings. The Morgan fingerprint density at radius 3 is 2.40 bits per heavy atom. The van der Waals surface area contributed by atoms with E-state index < -0.39 is 5.97 Å². The molecule has 2 aromatic carbocycles. The van der Waals surface area contributed by atoms with Crippen LogP contribution in [0.15, 0.2) is 30.3 Å². The number of hydrogen-bond acceptors (Lipinski definition) is 2. The molecule has 0 heterocycles. The van der Waals surface area contributed by atoms with Crippen molar-refractivity contribution < 1.29 is 14.6 Å². The van der Waals surface area contributed by atoms with Gasteiger partial charge < -0.3 is 9.84 Å². The molecule has 0 radical (unpaired) electrons. The van der Waals surface area contributed by atoms with Gasteiger partial charge in [-0.3, -0.25) is 0 Å². The number of carbonyl (C=O) groups is 1. The molecule has 2 aromatic rings. The third-order valence-electron chi connectivity index (χ3n) is 3.27. The fourth-order valence-electron chi connectivity index (χ4n) is 1.99. The molecule has 0 bridgehead atoms. The zero-order valence-corrected chi connectivity index (χ0v) is 12.3. The van der Waals surface area contributed by atoms with Crippen LogP contribution < -0.4 is 4.74 Å². The Morgan fingerprint density at radius 1 is 1.10 bits per heavy atom. The minimum absolute atomic E-state index is 0.0190. The van der Waals surface area contributed by atoms with Crippen molar-refractivity contribution in [1.82, 2.24) is 0 Å². The van der Waals surface area contributed by atoms with Gasteiger partial charge in [0.15, 0.2) is 0 Å². The van der Waals surface area contributed by atoms with Gasteiger partial charge in [0.05, 0.1) is 5.02 Å². The lowest BCUT2D eigenvalue weighted by molar-refractivity contribution is 0.0694. The summed E-state index contributed by atoms with van der Waals surface area (Å²) in [4.78, 5) is 11.3. The molecule has 4 heteroatoms. The molecule has 1 N–H and O–H groups in total. The first-order valence-corrected chi connectivity index (χ1v) is 6.56. The van der Waals surface area contributed by atoms with Gasteiger partial charge in [0, 0.05) is 0 Å². The van der Waals surface area contributed by atoms with Crippen LogP contribution in [-0.2, 0) is 0 Å². The van der Waals surface area contributed by atoms with E-state index in [1.54, 1.807) is 12.1 Å². The molecule has 0 saturated carbocycles. The SMILES string of the molecule is Cc1ccc(C)c(Oc2cccc(Cl)c2C(=O)O)c1C. The summed E-state index contributed by atoms with van der Waals surface area (Å²) in [5.41, 5.74) is 3.00. The lowest BCUT2D eigenvalue weighted by Crippen LogP contribution is -2.02. The Morgan fingerprint density at radius 2 is 1.75 bits per heavy atom. The van der Waals surface area contributed by atoms with E-state index in [0.717, 1.165) is 16.7 Å². The van der Waals surface area contributed by atoms with Crippen molar-refractivity contribution in [2.45, 2.75) is 20.8 Å². The molecule has 0 aromatic heterocycles. The van der Waals surface area contributed by atoms with E-state index in [-0.39, 0.29) is 16.3 Å². The Balaban J connectivity index is 2.54. The first-order chi connectivity index (χ1) is 9.41. The Labute approximate surface area is 122 Å². The van der Waals surface area contributed by atoms with Crippen LogP contribution in [0, 0.1) is 20.8 Å². The summed E-state index contributed by atoms with van der Waals surface area (Å²) < 4.78 is 5.83. The Hall–Kier alpha value is -2.00. The summed E-state index contributed by atoms with van der Waals surface area (Å²) >= 11 is 5.94. The summed E-state index contributed by atoms with van der Waals surface area (Å²) in [6.07, 6.45) is 0. The zero-order chi connectivity index (χ0) is 14.9. The lowest BCUT2D eigenvalue weighted by Gasteiger charge is -2.15. The van der Waals surface area contributed by atoms with Gasteiger partial charge in [-0.25, -0.2) is 4.79 Å². The number of carboxylic acid groups (broad SMARTS) is 1. The maximum atomic E-state index is 11.3. The number of benzene rings is 2. The zero-order valence-electron chi connectivity index (χ0n) is 11.5. The van der Waals surface area contributed by atoms with E-state index >= 15 is 0 Å². The van der Waals surface area contributed by atoms with E-state index in [0.29, 0.717) is 5.75 Å². The largest absolute Gasteiger partial charge is 0.478 e. The Bertz CT molecular complexity index is 678. The third-order valence-corrected chi connectivity index (χ3v) is 3.59. The van der Waals surface area contributed by atoms with Crippen molar-refractivity contribution in [2.24, 2.45) is 0 Å². The molecular formula is C16H15ClO3. The van der Waals surface area contributed by atoms with E-state index in [1.165, 1.54) is 6.07 Å². The van der Waals surface area contributed by atoms with Gasteiger partial charge in [0.2, 0.25) is 0 Å². The van der Waals surface area contributed by atoms with Crippen LogP contribution in [0.2, 0.25) is 5.02 Å². The van der Waals surface area contributed by atoms with Crippen LogP contribution in [0.5, 0.6) is 11.5 Å². The fourth-order valence-corrected chi connectivity index (χ4v) is 2.24. The van der Waals surface area contributed by atoms with Gasteiger partial charge in [-0.05, 0) is 49.6 Å². The number of aromatic carboxylic acids is 1. The number of hydrogen-bond donors (Lipinski definition) is 1. The maximum absolute atomic E-state index is 11.3. The van der Waals surface area contributed by atoms with Gasteiger partial charge in [0.25, 0.3) is 0 Å².